The molecule has 3 aromatic carbocycles. The summed E-state index contributed by atoms with van der Waals surface area (Å²) in [4.78, 5) is 36.2. The minimum atomic E-state index is -1.75. The molecule has 3 aromatic rings. The number of carboxylic acid groups (broad SMARTS) is 2. The van der Waals surface area contributed by atoms with Crippen LogP contribution in [0.1, 0.15) is 102 Å². The van der Waals surface area contributed by atoms with E-state index in [1.807, 2.05) is 12.1 Å². The van der Waals surface area contributed by atoms with Gasteiger partial charge in [-0.3, -0.25) is 4.79 Å². The predicted molar refractivity (Wildman–Crippen MR) is 192 cm³/mol. The number of carboxylic acids is 2. The summed E-state index contributed by atoms with van der Waals surface area (Å²) < 4.78 is 10.8. The fourth-order valence-electron chi connectivity index (χ4n) is 5.89. The van der Waals surface area contributed by atoms with E-state index >= 15 is 0 Å². The summed E-state index contributed by atoms with van der Waals surface area (Å²) in [6.07, 6.45) is 3.13. The maximum atomic E-state index is 13.1. The van der Waals surface area contributed by atoms with Crippen LogP contribution in [0.2, 0.25) is 0 Å². The van der Waals surface area contributed by atoms with Gasteiger partial charge in [0, 0.05) is 13.2 Å². The maximum absolute atomic E-state index is 13.1. The van der Waals surface area contributed by atoms with Gasteiger partial charge in [0.05, 0.1) is 0 Å². The highest BCUT2D eigenvalue weighted by Gasteiger charge is 2.36. The van der Waals surface area contributed by atoms with Crippen LogP contribution in [0, 0.1) is 0 Å². The van der Waals surface area contributed by atoms with Gasteiger partial charge in [-0.15, -0.1) is 0 Å². The molecular formula is C40H55NO8. The van der Waals surface area contributed by atoms with Crippen LogP contribution in [0.3, 0.4) is 0 Å². The second kappa shape index (κ2) is 18.2. The molecule has 2 atom stereocenters. The molecular weight excluding hydrogens is 622 g/mol. The summed E-state index contributed by atoms with van der Waals surface area (Å²) in [6.45, 7) is 12.1. The number of rotatable bonds is 19. The standard InChI is InChI=1S/C40H55NO8/c1-39(2,3)31-24-28(25-32(34(31)44)40(4,5)6)16-9-7-13-21-41-37(45)35(36(38(46)47)49-26-33(42)43)48-22-14-8-10-15-27-19-20-29-17-11-12-18-30(29)23-27/h11-12,17-20,23-25,35-36,44H,7-10,13-16,21-22,26H2,1-6H3,(H,41,45)(H,42,43)(H,46,47). The Morgan fingerprint density at radius 3 is 1.88 bits per heavy atom. The second-order valence-corrected chi connectivity index (χ2v) is 14.9. The van der Waals surface area contributed by atoms with Crippen molar-refractivity contribution in [3.8, 4) is 5.75 Å². The highest BCUT2D eigenvalue weighted by molar-refractivity contribution is 5.88. The Hall–Kier alpha value is -3.95. The molecule has 0 aliphatic heterocycles. The Morgan fingerprint density at radius 2 is 1.29 bits per heavy atom. The molecule has 49 heavy (non-hydrogen) atoms. The summed E-state index contributed by atoms with van der Waals surface area (Å²) in [5.74, 6) is -3.08. The van der Waals surface area contributed by atoms with E-state index in [9.17, 15) is 24.6 Å². The lowest BCUT2D eigenvalue weighted by atomic mass is 9.78. The van der Waals surface area contributed by atoms with E-state index in [0.29, 0.717) is 25.1 Å². The molecule has 0 heterocycles. The molecule has 1 amide bonds. The van der Waals surface area contributed by atoms with Crippen LogP contribution < -0.4 is 5.32 Å². The number of ether oxygens (including phenoxy) is 2. The minimum Gasteiger partial charge on any atom is -0.507 e. The lowest BCUT2D eigenvalue weighted by Crippen LogP contribution is -2.49. The molecule has 0 aliphatic carbocycles. The molecule has 2 unspecified atom stereocenters. The van der Waals surface area contributed by atoms with Crippen LogP contribution in [-0.4, -0.2) is 65.1 Å². The zero-order valence-electron chi connectivity index (χ0n) is 30.0. The molecule has 0 spiro atoms. The van der Waals surface area contributed by atoms with E-state index in [4.69, 9.17) is 14.6 Å². The number of aryl methyl sites for hydroxylation is 2. The minimum absolute atomic E-state index is 0.135. The van der Waals surface area contributed by atoms with Gasteiger partial charge in [0.25, 0.3) is 5.91 Å². The molecule has 0 aromatic heterocycles. The van der Waals surface area contributed by atoms with Crippen molar-refractivity contribution in [3.63, 3.8) is 0 Å². The van der Waals surface area contributed by atoms with Crippen molar-refractivity contribution in [2.45, 2.75) is 116 Å². The highest BCUT2D eigenvalue weighted by Crippen LogP contribution is 2.40. The number of phenolic OH excluding ortho intramolecular Hbond substituents is 1. The van der Waals surface area contributed by atoms with Crippen molar-refractivity contribution in [1.82, 2.24) is 5.32 Å². The molecule has 0 radical (unpaired) electrons. The Balaban J connectivity index is 1.50. The van der Waals surface area contributed by atoms with Gasteiger partial charge in [0.1, 0.15) is 12.4 Å². The molecule has 3 rings (SSSR count). The first-order valence-electron chi connectivity index (χ1n) is 17.4. The third-order valence-corrected chi connectivity index (χ3v) is 8.61. The number of hydrogen-bond donors (Lipinski definition) is 4. The first kappa shape index (κ1) is 39.5. The Kier molecular flexibility index (Phi) is 14.6. The summed E-state index contributed by atoms with van der Waals surface area (Å²) in [6, 6.07) is 18.8. The second-order valence-electron chi connectivity index (χ2n) is 14.9. The molecule has 0 saturated heterocycles. The van der Waals surface area contributed by atoms with Crippen molar-refractivity contribution in [2.24, 2.45) is 0 Å². The van der Waals surface area contributed by atoms with Crippen molar-refractivity contribution in [1.29, 1.82) is 0 Å². The molecule has 9 nitrogen and oxygen atoms in total. The zero-order chi connectivity index (χ0) is 36.2. The van der Waals surface area contributed by atoms with Crippen LogP contribution in [0.15, 0.2) is 54.6 Å². The van der Waals surface area contributed by atoms with E-state index in [1.165, 1.54) is 16.3 Å². The van der Waals surface area contributed by atoms with Crippen molar-refractivity contribution in [2.75, 3.05) is 19.8 Å². The number of fused-ring (bicyclic) bond motifs is 1. The largest absolute Gasteiger partial charge is 0.507 e. The van der Waals surface area contributed by atoms with Crippen molar-refractivity contribution < 1.29 is 39.2 Å². The number of benzene rings is 3. The molecule has 0 fully saturated rings. The van der Waals surface area contributed by atoms with E-state index in [2.05, 4.69) is 89.3 Å². The number of nitrogens with one attached hydrogen (secondary N) is 1. The molecule has 268 valence electrons. The third kappa shape index (κ3) is 12.5. The SMILES string of the molecule is CC(C)(C)c1cc(CCCCCNC(=O)C(OCCCCCc2ccc3ccccc3c2)C(OCC(=O)O)C(=O)O)cc(C(C)(C)C)c1O. The lowest BCUT2D eigenvalue weighted by Gasteiger charge is -2.28. The van der Waals surface area contributed by atoms with E-state index < -0.39 is 36.7 Å². The van der Waals surface area contributed by atoms with E-state index in [-0.39, 0.29) is 17.4 Å². The van der Waals surface area contributed by atoms with Crippen LogP contribution in [-0.2, 0) is 47.5 Å². The average molecular weight is 678 g/mol. The molecule has 0 saturated carbocycles. The van der Waals surface area contributed by atoms with Crippen molar-refractivity contribution >= 4 is 28.6 Å². The van der Waals surface area contributed by atoms with Gasteiger partial charge >= 0.3 is 11.9 Å². The van der Waals surface area contributed by atoms with Crippen LogP contribution in [0.5, 0.6) is 5.75 Å². The van der Waals surface area contributed by atoms with Gasteiger partial charge in [0.15, 0.2) is 12.2 Å². The highest BCUT2D eigenvalue weighted by atomic mass is 16.6. The van der Waals surface area contributed by atoms with Crippen molar-refractivity contribution in [3.05, 3.63) is 76.9 Å². The van der Waals surface area contributed by atoms with Gasteiger partial charge in [0.2, 0.25) is 0 Å². The van der Waals surface area contributed by atoms with E-state index in [0.717, 1.165) is 55.2 Å². The third-order valence-electron chi connectivity index (χ3n) is 8.61. The monoisotopic (exact) mass is 677 g/mol. The Bertz CT molecular complexity index is 1520. The number of amides is 1. The number of carbonyl (C=O) groups is 3. The lowest BCUT2D eigenvalue weighted by molar-refractivity contribution is -0.172. The number of hydrogen-bond acceptors (Lipinski definition) is 6. The van der Waals surface area contributed by atoms with Crippen LogP contribution in [0.4, 0.5) is 0 Å². The van der Waals surface area contributed by atoms with E-state index in [1.54, 1.807) is 0 Å². The Labute approximate surface area is 291 Å². The normalized spacial score (nSPS) is 13.3. The first-order chi connectivity index (χ1) is 23.1. The molecule has 0 bridgehead atoms. The summed E-state index contributed by atoms with van der Waals surface area (Å²) in [5, 5.41) is 35.0. The maximum Gasteiger partial charge on any atom is 0.336 e. The molecule has 9 heteroatoms. The van der Waals surface area contributed by atoms with Gasteiger partial charge in [-0.1, -0.05) is 109 Å². The zero-order valence-corrected chi connectivity index (χ0v) is 30.0. The number of aliphatic carboxylic acids is 2. The number of unbranched alkanes of at least 4 members (excludes halogenated alkanes) is 4. The van der Waals surface area contributed by atoms with Crippen LogP contribution in [0.25, 0.3) is 10.8 Å². The molecule has 0 aliphatic rings. The summed E-state index contributed by atoms with van der Waals surface area (Å²) in [5.41, 5.74) is 3.83. The number of phenols is 1. The number of aromatic hydroxyl groups is 1. The predicted octanol–water partition coefficient (Wildman–Crippen LogP) is 7.32. The average Bonchev–Trinajstić information content (AvgIpc) is 3.02. The van der Waals surface area contributed by atoms with Gasteiger partial charge in [-0.25, -0.2) is 9.59 Å². The van der Waals surface area contributed by atoms with Gasteiger partial charge < -0.3 is 30.1 Å². The fourth-order valence-corrected chi connectivity index (χ4v) is 5.89. The first-order valence-corrected chi connectivity index (χ1v) is 17.4. The van der Waals surface area contributed by atoms with Gasteiger partial charge in [-0.2, -0.15) is 0 Å². The topological polar surface area (TPSA) is 142 Å². The fraction of sp³-hybridized carbons (Fsp3) is 0.525. The van der Waals surface area contributed by atoms with Gasteiger partial charge in [-0.05, 0) is 82.4 Å². The Morgan fingerprint density at radius 1 is 0.694 bits per heavy atom. The summed E-state index contributed by atoms with van der Waals surface area (Å²) in [7, 11) is 0. The summed E-state index contributed by atoms with van der Waals surface area (Å²) >= 11 is 0. The number of carbonyl (C=O) groups excluding carboxylic acids is 1. The quantitative estimate of drug-likeness (QED) is 0.0967. The molecule has 4 N–H and O–H groups in total. The van der Waals surface area contributed by atoms with Crippen LogP contribution >= 0.6 is 0 Å². The smallest absolute Gasteiger partial charge is 0.336 e.